The standard InChI is InChI=1S/C16H11FN2O3S/c1-22-15(21)9-6-7-12-13(8-9)23-16(18-12)19-14(20)10-4-2-3-5-11(10)17/h2-8H,1H3,(H,18,19,20). The number of carbonyl (C=O) groups excluding carboxylic acids is 2. The van der Waals surface area contributed by atoms with Crippen molar-refractivity contribution in [1.29, 1.82) is 0 Å². The topological polar surface area (TPSA) is 68.3 Å². The highest BCUT2D eigenvalue weighted by Crippen LogP contribution is 2.27. The SMILES string of the molecule is COC(=O)c1ccc2nc(NC(=O)c3ccccc3F)sc2c1. The number of benzene rings is 2. The van der Waals surface area contributed by atoms with Gasteiger partial charge in [-0.25, -0.2) is 14.2 Å². The molecule has 0 unspecified atom stereocenters. The average molecular weight is 330 g/mol. The van der Waals surface area contributed by atoms with Crippen LogP contribution in [0.2, 0.25) is 0 Å². The molecule has 0 aliphatic heterocycles. The maximum Gasteiger partial charge on any atom is 0.337 e. The highest BCUT2D eigenvalue weighted by Gasteiger charge is 2.14. The Hall–Kier alpha value is -2.80. The molecular weight excluding hydrogens is 319 g/mol. The number of ether oxygens (including phenoxy) is 1. The van der Waals surface area contributed by atoms with Crippen LogP contribution in [0.1, 0.15) is 20.7 Å². The minimum atomic E-state index is -0.598. The van der Waals surface area contributed by atoms with Gasteiger partial charge in [0.25, 0.3) is 5.91 Å². The molecule has 1 heterocycles. The molecule has 1 aromatic heterocycles. The number of hydrogen-bond acceptors (Lipinski definition) is 5. The second-order valence-electron chi connectivity index (χ2n) is 4.63. The van der Waals surface area contributed by atoms with E-state index in [2.05, 4.69) is 15.0 Å². The molecule has 116 valence electrons. The van der Waals surface area contributed by atoms with E-state index in [0.717, 1.165) is 4.70 Å². The van der Waals surface area contributed by atoms with Gasteiger partial charge in [0, 0.05) is 0 Å². The van der Waals surface area contributed by atoms with E-state index in [1.807, 2.05) is 0 Å². The molecule has 0 fully saturated rings. The van der Waals surface area contributed by atoms with E-state index in [0.29, 0.717) is 16.2 Å². The Morgan fingerprint density at radius 1 is 1.22 bits per heavy atom. The van der Waals surface area contributed by atoms with Gasteiger partial charge in [-0.3, -0.25) is 10.1 Å². The van der Waals surface area contributed by atoms with Crippen molar-refractivity contribution in [3.8, 4) is 0 Å². The summed E-state index contributed by atoms with van der Waals surface area (Å²) >= 11 is 1.19. The first-order valence-electron chi connectivity index (χ1n) is 6.63. The fraction of sp³-hybridized carbons (Fsp3) is 0.0625. The first-order valence-corrected chi connectivity index (χ1v) is 7.45. The number of nitrogens with zero attached hydrogens (tertiary/aromatic N) is 1. The highest BCUT2D eigenvalue weighted by atomic mass is 32.1. The monoisotopic (exact) mass is 330 g/mol. The van der Waals surface area contributed by atoms with Crippen LogP contribution >= 0.6 is 11.3 Å². The minimum Gasteiger partial charge on any atom is -0.465 e. The lowest BCUT2D eigenvalue weighted by Crippen LogP contribution is -2.13. The Bertz CT molecular complexity index is 907. The van der Waals surface area contributed by atoms with Gasteiger partial charge in [-0.1, -0.05) is 23.5 Å². The number of amides is 1. The third-order valence-corrected chi connectivity index (χ3v) is 4.08. The minimum absolute atomic E-state index is 0.0537. The molecule has 0 atom stereocenters. The van der Waals surface area contributed by atoms with Crippen LogP contribution in [0, 0.1) is 5.82 Å². The van der Waals surface area contributed by atoms with Crippen LogP contribution in [0.25, 0.3) is 10.2 Å². The van der Waals surface area contributed by atoms with Gasteiger partial charge in [-0.15, -0.1) is 0 Å². The number of halogens is 1. The average Bonchev–Trinajstić information content (AvgIpc) is 2.95. The number of hydrogen-bond donors (Lipinski definition) is 1. The molecule has 0 radical (unpaired) electrons. The summed E-state index contributed by atoms with van der Waals surface area (Å²) in [7, 11) is 1.30. The van der Waals surface area contributed by atoms with Gasteiger partial charge in [-0.2, -0.15) is 0 Å². The quantitative estimate of drug-likeness (QED) is 0.747. The van der Waals surface area contributed by atoms with Crippen molar-refractivity contribution in [2.75, 3.05) is 12.4 Å². The molecule has 7 heteroatoms. The zero-order chi connectivity index (χ0) is 16.4. The molecule has 0 saturated heterocycles. The lowest BCUT2D eigenvalue weighted by atomic mass is 10.2. The highest BCUT2D eigenvalue weighted by molar-refractivity contribution is 7.22. The van der Waals surface area contributed by atoms with Gasteiger partial charge in [-0.05, 0) is 30.3 Å². The number of thiazole rings is 1. The van der Waals surface area contributed by atoms with Crippen LogP contribution in [-0.2, 0) is 4.74 Å². The number of aromatic nitrogens is 1. The number of fused-ring (bicyclic) bond motifs is 1. The van der Waals surface area contributed by atoms with Gasteiger partial charge in [0.2, 0.25) is 0 Å². The van der Waals surface area contributed by atoms with Crippen molar-refractivity contribution < 1.29 is 18.7 Å². The summed E-state index contributed by atoms with van der Waals surface area (Å²) in [4.78, 5) is 27.8. The van der Waals surface area contributed by atoms with Crippen LogP contribution < -0.4 is 5.32 Å². The van der Waals surface area contributed by atoms with Gasteiger partial charge in [0.15, 0.2) is 5.13 Å². The maximum atomic E-state index is 13.6. The van der Waals surface area contributed by atoms with Gasteiger partial charge >= 0.3 is 5.97 Å². The van der Waals surface area contributed by atoms with E-state index in [4.69, 9.17) is 0 Å². The van der Waals surface area contributed by atoms with Gasteiger partial charge in [0.1, 0.15) is 5.82 Å². The van der Waals surface area contributed by atoms with Crippen LogP contribution in [-0.4, -0.2) is 24.0 Å². The largest absolute Gasteiger partial charge is 0.465 e. The molecule has 3 rings (SSSR count). The maximum absolute atomic E-state index is 13.6. The van der Waals surface area contributed by atoms with Crippen LogP contribution in [0.3, 0.4) is 0 Å². The lowest BCUT2D eigenvalue weighted by Gasteiger charge is -2.02. The molecule has 0 saturated carbocycles. The molecule has 5 nitrogen and oxygen atoms in total. The van der Waals surface area contributed by atoms with E-state index in [9.17, 15) is 14.0 Å². The summed E-state index contributed by atoms with van der Waals surface area (Å²) in [5.74, 6) is -1.62. The molecular formula is C16H11FN2O3S. The summed E-state index contributed by atoms with van der Waals surface area (Å²) in [6.45, 7) is 0. The third-order valence-electron chi connectivity index (χ3n) is 3.15. The van der Waals surface area contributed by atoms with E-state index < -0.39 is 17.7 Å². The predicted molar refractivity (Wildman–Crippen MR) is 85.3 cm³/mol. The Balaban J connectivity index is 1.88. The third kappa shape index (κ3) is 3.04. The Morgan fingerprint density at radius 2 is 2.00 bits per heavy atom. The molecule has 0 bridgehead atoms. The summed E-state index contributed by atoms with van der Waals surface area (Å²) in [6.07, 6.45) is 0. The lowest BCUT2D eigenvalue weighted by molar-refractivity contribution is 0.0601. The van der Waals surface area contributed by atoms with Gasteiger partial charge < -0.3 is 4.74 Å². The summed E-state index contributed by atoms with van der Waals surface area (Å²) in [5.41, 5.74) is 0.976. The molecule has 1 amide bonds. The van der Waals surface area contributed by atoms with Crippen molar-refractivity contribution in [3.05, 3.63) is 59.4 Å². The number of anilines is 1. The Morgan fingerprint density at radius 3 is 2.74 bits per heavy atom. The first kappa shape index (κ1) is 15.1. The summed E-state index contributed by atoms with van der Waals surface area (Å²) in [6, 6.07) is 10.6. The van der Waals surface area contributed by atoms with Crippen LogP contribution in [0.4, 0.5) is 9.52 Å². The van der Waals surface area contributed by atoms with E-state index >= 15 is 0 Å². The van der Waals surface area contributed by atoms with Crippen molar-refractivity contribution in [3.63, 3.8) is 0 Å². The molecule has 0 spiro atoms. The van der Waals surface area contributed by atoms with Crippen molar-refractivity contribution in [2.45, 2.75) is 0 Å². The van der Waals surface area contributed by atoms with Crippen LogP contribution in [0.15, 0.2) is 42.5 Å². The Kier molecular flexibility index (Phi) is 4.03. The summed E-state index contributed by atoms with van der Waals surface area (Å²) in [5, 5.41) is 2.89. The van der Waals surface area contributed by atoms with E-state index in [1.54, 1.807) is 24.3 Å². The number of nitrogens with one attached hydrogen (secondary N) is 1. The number of esters is 1. The predicted octanol–water partition coefficient (Wildman–Crippen LogP) is 3.47. The van der Waals surface area contributed by atoms with Crippen molar-refractivity contribution in [1.82, 2.24) is 4.98 Å². The van der Waals surface area contributed by atoms with Crippen LogP contribution in [0.5, 0.6) is 0 Å². The smallest absolute Gasteiger partial charge is 0.337 e. The zero-order valence-electron chi connectivity index (χ0n) is 12.0. The fourth-order valence-corrected chi connectivity index (χ4v) is 2.93. The molecule has 1 N–H and O–H groups in total. The molecule has 23 heavy (non-hydrogen) atoms. The second kappa shape index (κ2) is 6.13. The summed E-state index contributed by atoms with van der Waals surface area (Å²) < 4.78 is 19.0. The number of rotatable bonds is 3. The number of methoxy groups -OCH3 is 1. The molecule has 3 aromatic rings. The molecule has 0 aliphatic rings. The molecule has 0 aliphatic carbocycles. The van der Waals surface area contributed by atoms with Gasteiger partial charge in [0.05, 0.1) is 28.5 Å². The fourth-order valence-electron chi connectivity index (χ4n) is 2.03. The normalized spacial score (nSPS) is 10.5. The number of carbonyl (C=O) groups is 2. The Labute approximate surface area is 134 Å². The van der Waals surface area contributed by atoms with E-state index in [-0.39, 0.29) is 5.56 Å². The zero-order valence-corrected chi connectivity index (χ0v) is 12.8. The molecule has 2 aromatic carbocycles. The van der Waals surface area contributed by atoms with Crippen molar-refractivity contribution in [2.24, 2.45) is 0 Å². The van der Waals surface area contributed by atoms with Crippen molar-refractivity contribution >= 4 is 38.6 Å². The van der Waals surface area contributed by atoms with E-state index in [1.165, 1.54) is 36.6 Å². The first-order chi connectivity index (χ1) is 11.1. The second-order valence-corrected chi connectivity index (χ2v) is 5.66.